The molecule has 1 fully saturated rings. The van der Waals surface area contributed by atoms with Crippen LogP contribution in [0.15, 0.2) is 48.6 Å². The van der Waals surface area contributed by atoms with Crippen molar-refractivity contribution in [3.63, 3.8) is 0 Å². The smallest absolute Gasteiger partial charge is 0.306 e. The number of unbranched alkanes of at least 4 members (excludes halogenated alkanes) is 14. The largest absolute Gasteiger partial charge is 0.756 e. The van der Waals surface area contributed by atoms with Gasteiger partial charge in [0.05, 0.1) is 40.0 Å². The van der Waals surface area contributed by atoms with Crippen molar-refractivity contribution in [2.75, 3.05) is 47.5 Å². The highest BCUT2D eigenvalue weighted by Crippen LogP contribution is 2.38. The molecule has 0 aromatic heterocycles. The number of carbonyl (C=O) groups is 2. The minimum Gasteiger partial charge on any atom is -0.756 e. The highest BCUT2D eigenvalue weighted by molar-refractivity contribution is 7.45. The summed E-state index contributed by atoms with van der Waals surface area (Å²) < 4.78 is 39.6. The number of phosphoric acid groups is 1. The van der Waals surface area contributed by atoms with Crippen molar-refractivity contribution >= 4 is 19.8 Å². The molecule has 0 saturated carbocycles. The number of nitrogens with zero attached hydrogens (tertiary/aromatic N) is 1. The molecule has 1 rings (SSSR count). The van der Waals surface area contributed by atoms with E-state index in [0.29, 0.717) is 36.1 Å². The van der Waals surface area contributed by atoms with Crippen molar-refractivity contribution < 1.29 is 46.8 Å². The molecule has 0 aliphatic carbocycles. The minimum absolute atomic E-state index is 0.0452. The van der Waals surface area contributed by atoms with Gasteiger partial charge in [0.1, 0.15) is 19.8 Å². The van der Waals surface area contributed by atoms with Crippen LogP contribution in [0.1, 0.15) is 168 Å². The van der Waals surface area contributed by atoms with E-state index in [4.69, 9.17) is 23.3 Å². The molecule has 1 aliphatic rings. The van der Waals surface area contributed by atoms with Crippen LogP contribution in [-0.4, -0.2) is 82.2 Å². The number of hydrogen-bond donors (Lipinski definition) is 0. The van der Waals surface area contributed by atoms with Crippen molar-refractivity contribution in [3.8, 4) is 0 Å². The highest BCUT2D eigenvalue weighted by Gasteiger charge is 2.36. The van der Waals surface area contributed by atoms with E-state index >= 15 is 0 Å². The third kappa shape index (κ3) is 35.6. The fourth-order valence-corrected chi connectivity index (χ4v) is 6.82. The topological polar surface area (TPSA) is 124 Å². The quantitative estimate of drug-likeness (QED) is 0.0149. The molecular weight excluding hydrogens is 741 g/mol. The number of phosphoric ester groups is 1. The maximum absolute atomic E-state index is 12.7. The second kappa shape index (κ2) is 34.8. The van der Waals surface area contributed by atoms with Crippen molar-refractivity contribution in [2.45, 2.75) is 186 Å². The summed E-state index contributed by atoms with van der Waals surface area (Å²) in [6.07, 6.45) is 41.7. The Morgan fingerprint density at radius 1 is 0.649 bits per heavy atom. The van der Waals surface area contributed by atoms with Gasteiger partial charge in [-0.05, 0) is 70.6 Å². The first kappa shape index (κ1) is 52.9. The first-order valence-corrected chi connectivity index (χ1v) is 23.9. The van der Waals surface area contributed by atoms with E-state index in [1.807, 2.05) is 21.1 Å². The zero-order valence-corrected chi connectivity index (χ0v) is 37.6. The van der Waals surface area contributed by atoms with Crippen LogP contribution in [0.4, 0.5) is 0 Å². The van der Waals surface area contributed by atoms with Crippen LogP contribution in [-0.2, 0) is 37.4 Å². The number of allylic oxidation sites excluding steroid dienone is 7. The lowest BCUT2D eigenvalue weighted by Crippen LogP contribution is -2.37. The van der Waals surface area contributed by atoms with E-state index in [-0.39, 0.29) is 26.1 Å². The van der Waals surface area contributed by atoms with Crippen LogP contribution in [0.3, 0.4) is 0 Å². The number of carbonyl (C=O) groups excluding carboxylic acids is 2. The van der Waals surface area contributed by atoms with Crippen LogP contribution < -0.4 is 4.89 Å². The molecular formula is C46H82NO9P. The average molecular weight is 824 g/mol. The fraction of sp³-hybridized carbons (Fsp3) is 0.783. The summed E-state index contributed by atoms with van der Waals surface area (Å²) >= 11 is 0. The molecule has 0 spiro atoms. The van der Waals surface area contributed by atoms with Gasteiger partial charge in [-0.3, -0.25) is 14.2 Å². The van der Waals surface area contributed by atoms with Crippen LogP contribution in [0, 0.1) is 0 Å². The summed E-state index contributed by atoms with van der Waals surface area (Å²) in [6, 6.07) is 0. The molecule has 1 heterocycles. The molecule has 0 radical (unpaired) electrons. The van der Waals surface area contributed by atoms with Gasteiger partial charge in [0, 0.05) is 12.8 Å². The molecule has 1 aliphatic heterocycles. The van der Waals surface area contributed by atoms with Crippen LogP contribution in [0.5, 0.6) is 0 Å². The van der Waals surface area contributed by atoms with Crippen LogP contribution in [0.2, 0.25) is 0 Å². The summed E-state index contributed by atoms with van der Waals surface area (Å²) in [5.41, 5.74) is 0. The normalized spacial score (nSPS) is 17.6. The van der Waals surface area contributed by atoms with Gasteiger partial charge in [-0.25, -0.2) is 0 Å². The number of hydrogen-bond acceptors (Lipinski definition) is 9. The second-order valence-corrected chi connectivity index (χ2v) is 17.9. The molecule has 3 unspecified atom stereocenters. The summed E-state index contributed by atoms with van der Waals surface area (Å²) in [7, 11) is 1.12. The lowest BCUT2D eigenvalue weighted by atomic mass is 10.1. The Morgan fingerprint density at radius 3 is 1.84 bits per heavy atom. The Labute approximate surface area is 348 Å². The van der Waals surface area contributed by atoms with Crippen molar-refractivity contribution in [2.24, 2.45) is 0 Å². The minimum atomic E-state index is -4.64. The molecule has 330 valence electrons. The van der Waals surface area contributed by atoms with Crippen LogP contribution >= 0.6 is 7.82 Å². The van der Waals surface area contributed by atoms with E-state index in [1.54, 1.807) is 0 Å². The molecule has 0 bridgehead atoms. The zero-order valence-electron chi connectivity index (χ0n) is 36.7. The summed E-state index contributed by atoms with van der Waals surface area (Å²) in [5, 5.41) is 0. The maximum Gasteiger partial charge on any atom is 0.306 e. The Kier molecular flexibility index (Phi) is 32.3. The lowest BCUT2D eigenvalue weighted by Gasteiger charge is -2.28. The van der Waals surface area contributed by atoms with Gasteiger partial charge < -0.3 is 32.6 Å². The van der Waals surface area contributed by atoms with E-state index < -0.39 is 32.5 Å². The molecule has 0 amide bonds. The number of epoxide rings is 1. The zero-order chi connectivity index (χ0) is 41.9. The number of rotatable bonds is 39. The SMILES string of the molecule is CCCCCCCC/C=C\C/C=C\C/C=C\CCCC(=O)OC[C@H](COP(=O)([O-])OCC[N+](C)(C)C)OC(=O)CCCCCCC/C=C\CC1OC1CCCCC. The molecule has 1 saturated heterocycles. The van der Waals surface area contributed by atoms with E-state index in [2.05, 4.69) is 62.5 Å². The van der Waals surface area contributed by atoms with E-state index in [9.17, 15) is 19.0 Å². The molecule has 10 nitrogen and oxygen atoms in total. The van der Waals surface area contributed by atoms with Gasteiger partial charge >= 0.3 is 11.9 Å². The summed E-state index contributed by atoms with van der Waals surface area (Å²) in [5.74, 6) is -0.920. The lowest BCUT2D eigenvalue weighted by molar-refractivity contribution is -0.870. The maximum atomic E-state index is 12.7. The Balaban J connectivity index is 2.32. The Morgan fingerprint density at radius 2 is 1.19 bits per heavy atom. The highest BCUT2D eigenvalue weighted by atomic mass is 31.2. The third-order valence-electron chi connectivity index (χ3n) is 9.75. The van der Waals surface area contributed by atoms with E-state index in [0.717, 1.165) is 64.2 Å². The number of quaternary nitrogens is 1. The van der Waals surface area contributed by atoms with E-state index in [1.165, 1.54) is 64.2 Å². The summed E-state index contributed by atoms with van der Waals surface area (Å²) in [6.45, 7) is 4.10. The predicted octanol–water partition coefficient (Wildman–Crippen LogP) is 11.0. The fourth-order valence-electron chi connectivity index (χ4n) is 6.09. The monoisotopic (exact) mass is 824 g/mol. The Hall–Kier alpha value is -2.07. The van der Waals surface area contributed by atoms with Crippen molar-refractivity contribution in [1.29, 1.82) is 0 Å². The number of esters is 2. The number of ether oxygens (including phenoxy) is 3. The van der Waals surface area contributed by atoms with Crippen LogP contribution in [0.25, 0.3) is 0 Å². The van der Waals surface area contributed by atoms with Gasteiger partial charge in [0.15, 0.2) is 6.10 Å². The van der Waals surface area contributed by atoms with Gasteiger partial charge in [-0.15, -0.1) is 0 Å². The molecule has 57 heavy (non-hydrogen) atoms. The predicted molar refractivity (Wildman–Crippen MR) is 231 cm³/mol. The second-order valence-electron chi connectivity index (χ2n) is 16.4. The van der Waals surface area contributed by atoms with Gasteiger partial charge in [-0.1, -0.05) is 133 Å². The molecule has 4 atom stereocenters. The molecule has 0 aromatic carbocycles. The van der Waals surface area contributed by atoms with Gasteiger partial charge in [0.2, 0.25) is 0 Å². The van der Waals surface area contributed by atoms with Gasteiger partial charge in [0.25, 0.3) is 7.82 Å². The number of likely N-dealkylation sites (N-methyl/N-ethyl adjacent to an activating group) is 1. The molecule has 0 N–H and O–H groups in total. The molecule has 11 heteroatoms. The van der Waals surface area contributed by atoms with Gasteiger partial charge in [-0.2, -0.15) is 0 Å². The third-order valence-corrected chi connectivity index (χ3v) is 10.7. The standard InChI is InChI=1S/C46H82NO9P/c1-6-8-10-11-12-13-14-15-16-17-18-19-20-21-25-28-32-36-45(48)52-40-42(41-54-57(50,51)53-39-38-47(3,4)5)55-46(49)37-33-29-26-23-22-24-27-31-35-44-43(56-44)34-30-9-7-2/h15-16,18-19,21,25,27,31,42-44H,6-14,17,20,22-24,26,28-30,32-41H2,1-5H3/b16-15-,19-18-,25-21-,31-27-/t42-,43?,44?/m1/s1. The Bertz CT molecular complexity index is 1180. The average Bonchev–Trinajstić information content (AvgIpc) is 3.91. The molecule has 0 aromatic rings. The van der Waals surface area contributed by atoms with Crippen molar-refractivity contribution in [1.82, 2.24) is 0 Å². The first-order chi connectivity index (χ1) is 27.5. The first-order valence-electron chi connectivity index (χ1n) is 22.5. The van der Waals surface area contributed by atoms with Crippen molar-refractivity contribution in [3.05, 3.63) is 48.6 Å². The summed E-state index contributed by atoms with van der Waals surface area (Å²) in [4.78, 5) is 37.5.